The molecule has 2 heterocycles. The molecule has 2 aromatic heterocycles. The molecule has 0 atom stereocenters. The number of aromatic nitrogens is 3. The minimum Gasteiger partial charge on any atom is -0.372 e. The van der Waals surface area contributed by atoms with Gasteiger partial charge in [0.15, 0.2) is 5.82 Å². The Balaban J connectivity index is 2.70. The number of hydrogen-bond donors (Lipinski definition) is 1. The number of halogens is 1. The Morgan fingerprint density at radius 2 is 1.90 bits per heavy atom. The van der Waals surface area contributed by atoms with E-state index in [4.69, 9.17) is 4.98 Å². The van der Waals surface area contributed by atoms with Gasteiger partial charge in [0.25, 0.3) is 0 Å². The molecule has 0 aromatic carbocycles. The molecular formula is C15H19BrN4. The number of aryl methyl sites for hydroxylation is 1. The van der Waals surface area contributed by atoms with Crippen LogP contribution in [-0.2, 0) is 5.41 Å². The molecule has 4 nitrogen and oxygen atoms in total. The normalized spacial score (nSPS) is 11.5. The van der Waals surface area contributed by atoms with Crippen LogP contribution in [0.5, 0.6) is 0 Å². The topological polar surface area (TPSA) is 50.7 Å². The number of rotatable bonds is 2. The number of nitrogens with one attached hydrogen (secondary N) is 1. The van der Waals surface area contributed by atoms with Gasteiger partial charge < -0.3 is 5.32 Å². The summed E-state index contributed by atoms with van der Waals surface area (Å²) in [5.74, 6) is 1.53. The Morgan fingerprint density at radius 3 is 2.45 bits per heavy atom. The number of anilines is 1. The predicted octanol–water partition coefficient (Wildman–Crippen LogP) is 3.95. The van der Waals surface area contributed by atoms with Crippen molar-refractivity contribution in [2.45, 2.75) is 33.1 Å². The smallest absolute Gasteiger partial charge is 0.162 e. The van der Waals surface area contributed by atoms with E-state index in [9.17, 15) is 0 Å². The van der Waals surface area contributed by atoms with Gasteiger partial charge in [-0.25, -0.2) is 9.97 Å². The summed E-state index contributed by atoms with van der Waals surface area (Å²) in [6.07, 6.45) is 3.60. The summed E-state index contributed by atoms with van der Waals surface area (Å²) >= 11 is 3.60. The second kappa shape index (κ2) is 5.48. The van der Waals surface area contributed by atoms with Crippen LogP contribution in [0.15, 0.2) is 22.9 Å². The fraction of sp³-hybridized carbons (Fsp3) is 0.400. The molecule has 1 N–H and O–H groups in total. The molecule has 106 valence electrons. The molecule has 0 spiro atoms. The summed E-state index contributed by atoms with van der Waals surface area (Å²) in [4.78, 5) is 13.5. The van der Waals surface area contributed by atoms with Gasteiger partial charge in [-0.2, -0.15) is 0 Å². The molecule has 0 saturated carbocycles. The summed E-state index contributed by atoms with van der Waals surface area (Å²) in [5.41, 5.74) is 3.00. The van der Waals surface area contributed by atoms with Crippen molar-refractivity contribution in [3.05, 3.63) is 34.2 Å². The summed E-state index contributed by atoms with van der Waals surface area (Å²) in [5, 5.41) is 3.12. The molecule has 0 aliphatic rings. The largest absolute Gasteiger partial charge is 0.372 e. The first kappa shape index (κ1) is 14.9. The maximum absolute atomic E-state index is 4.76. The molecule has 0 amide bonds. The maximum atomic E-state index is 4.76. The van der Waals surface area contributed by atoms with Crippen LogP contribution in [0, 0.1) is 6.92 Å². The lowest BCUT2D eigenvalue weighted by Gasteiger charge is -2.22. The Labute approximate surface area is 128 Å². The number of hydrogen-bond acceptors (Lipinski definition) is 4. The zero-order chi connectivity index (χ0) is 14.9. The van der Waals surface area contributed by atoms with E-state index < -0.39 is 0 Å². The third-order valence-electron chi connectivity index (χ3n) is 3.06. The molecule has 0 fully saturated rings. The van der Waals surface area contributed by atoms with Gasteiger partial charge in [-0.15, -0.1) is 0 Å². The average Bonchev–Trinajstić information content (AvgIpc) is 2.38. The van der Waals surface area contributed by atoms with E-state index in [1.807, 2.05) is 26.2 Å². The highest BCUT2D eigenvalue weighted by atomic mass is 79.9. The molecule has 2 rings (SSSR count). The highest BCUT2D eigenvalue weighted by Gasteiger charge is 2.23. The molecule has 0 aliphatic carbocycles. The van der Waals surface area contributed by atoms with Crippen molar-refractivity contribution in [2.24, 2.45) is 0 Å². The maximum Gasteiger partial charge on any atom is 0.162 e. The van der Waals surface area contributed by atoms with Gasteiger partial charge in [0, 0.05) is 30.4 Å². The molecule has 0 bridgehead atoms. The minimum atomic E-state index is -0.0664. The molecule has 0 unspecified atom stereocenters. The van der Waals surface area contributed by atoms with Gasteiger partial charge in [0.05, 0.1) is 10.2 Å². The first-order valence-corrected chi connectivity index (χ1v) is 7.30. The third-order valence-corrected chi connectivity index (χ3v) is 3.81. The van der Waals surface area contributed by atoms with E-state index in [0.29, 0.717) is 0 Å². The van der Waals surface area contributed by atoms with Crippen molar-refractivity contribution < 1.29 is 0 Å². The van der Waals surface area contributed by atoms with E-state index in [2.05, 4.69) is 52.0 Å². The van der Waals surface area contributed by atoms with Crippen molar-refractivity contribution >= 4 is 21.7 Å². The van der Waals surface area contributed by atoms with Gasteiger partial charge in [0.2, 0.25) is 0 Å². The van der Waals surface area contributed by atoms with Gasteiger partial charge in [-0.3, -0.25) is 4.98 Å². The van der Waals surface area contributed by atoms with Gasteiger partial charge in [0.1, 0.15) is 5.82 Å². The second-order valence-corrected chi connectivity index (χ2v) is 6.54. The van der Waals surface area contributed by atoms with Crippen LogP contribution in [0.4, 0.5) is 5.82 Å². The van der Waals surface area contributed by atoms with Crippen molar-refractivity contribution in [3.8, 4) is 11.4 Å². The van der Waals surface area contributed by atoms with Crippen LogP contribution < -0.4 is 5.32 Å². The molecule has 0 aliphatic heterocycles. The predicted molar refractivity (Wildman–Crippen MR) is 85.9 cm³/mol. The van der Waals surface area contributed by atoms with Crippen molar-refractivity contribution in [3.63, 3.8) is 0 Å². The standard InChI is InChI=1S/C15H19BrN4/c1-9-8-18-7-6-10(9)13-19-12(15(2,3)4)11(16)14(17-5)20-13/h6-8H,1-5H3,(H,17,19,20). The molecular weight excluding hydrogens is 316 g/mol. The first-order chi connectivity index (χ1) is 9.34. The zero-order valence-electron chi connectivity index (χ0n) is 12.5. The molecule has 5 heteroatoms. The van der Waals surface area contributed by atoms with Crippen LogP contribution in [0.1, 0.15) is 32.0 Å². The quantitative estimate of drug-likeness (QED) is 0.903. The van der Waals surface area contributed by atoms with E-state index in [0.717, 1.165) is 32.9 Å². The van der Waals surface area contributed by atoms with Gasteiger partial charge in [-0.05, 0) is 34.5 Å². The van der Waals surface area contributed by atoms with Crippen molar-refractivity contribution in [1.29, 1.82) is 0 Å². The monoisotopic (exact) mass is 334 g/mol. The molecule has 0 saturated heterocycles. The summed E-state index contributed by atoms with van der Waals surface area (Å²) in [6.45, 7) is 8.44. The van der Waals surface area contributed by atoms with Crippen LogP contribution in [0.3, 0.4) is 0 Å². The third kappa shape index (κ3) is 2.82. The lowest BCUT2D eigenvalue weighted by atomic mass is 9.91. The Morgan fingerprint density at radius 1 is 1.20 bits per heavy atom. The van der Waals surface area contributed by atoms with Crippen LogP contribution >= 0.6 is 15.9 Å². The molecule has 0 radical (unpaired) electrons. The molecule has 2 aromatic rings. The lowest BCUT2D eigenvalue weighted by Crippen LogP contribution is -2.17. The van der Waals surface area contributed by atoms with Crippen LogP contribution in [0.2, 0.25) is 0 Å². The second-order valence-electron chi connectivity index (χ2n) is 5.75. The Kier molecular flexibility index (Phi) is 4.09. The Hall–Kier alpha value is -1.49. The van der Waals surface area contributed by atoms with E-state index in [1.165, 1.54) is 0 Å². The minimum absolute atomic E-state index is 0.0664. The number of nitrogens with zero attached hydrogens (tertiary/aromatic N) is 3. The first-order valence-electron chi connectivity index (χ1n) is 6.51. The van der Waals surface area contributed by atoms with Crippen molar-refractivity contribution in [2.75, 3.05) is 12.4 Å². The van der Waals surface area contributed by atoms with E-state index in [-0.39, 0.29) is 5.41 Å². The fourth-order valence-electron chi connectivity index (χ4n) is 1.95. The van der Waals surface area contributed by atoms with Crippen LogP contribution in [0.25, 0.3) is 11.4 Å². The Bertz CT molecular complexity index is 632. The highest BCUT2D eigenvalue weighted by molar-refractivity contribution is 9.10. The van der Waals surface area contributed by atoms with Crippen LogP contribution in [-0.4, -0.2) is 22.0 Å². The van der Waals surface area contributed by atoms with E-state index >= 15 is 0 Å². The SMILES string of the molecule is CNc1nc(-c2ccncc2C)nc(C(C)(C)C)c1Br. The number of pyridine rings is 1. The highest BCUT2D eigenvalue weighted by Crippen LogP contribution is 2.34. The van der Waals surface area contributed by atoms with Gasteiger partial charge in [-0.1, -0.05) is 20.8 Å². The van der Waals surface area contributed by atoms with Crippen molar-refractivity contribution in [1.82, 2.24) is 15.0 Å². The fourth-order valence-corrected chi connectivity index (χ4v) is 2.92. The zero-order valence-corrected chi connectivity index (χ0v) is 14.0. The van der Waals surface area contributed by atoms with E-state index in [1.54, 1.807) is 6.20 Å². The molecule has 20 heavy (non-hydrogen) atoms. The lowest BCUT2D eigenvalue weighted by molar-refractivity contribution is 0.564. The summed E-state index contributed by atoms with van der Waals surface area (Å²) in [6, 6.07) is 1.95. The summed E-state index contributed by atoms with van der Waals surface area (Å²) in [7, 11) is 1.86. The summed E-state index contributed by atoms with van der Waals surface area (Å²) < 4.78 is 0.919. The van der Waals surface area contributed by atoms with Gasteiger partial charge >= 0.3 is 0 Å². The average molecular weight is 335 g/mol.